The summed E-state index contributed by atoms with van der Waals surface area (Å²) in [6, 6.07) is 11.6. The van der Waals surface area contributed by atoms with E-state index in [-0.39, 0.29) is 30.3 Å². The van der Waals surface area contributed by atoms with Crippen molar-refractivity contribution in [3.05, 3.63) is 47.1 Å². The Morgan fingerprint density at radius 3 is 2.59 bits per heavy atom. The lowest BCUT2D eigenvalue weighted by atomic mass is 10.2. The van der Waals surface area contributed by atoms with Crippen molar-refractivity contribution < 1.29 is 10.3 Å². The first-order chi connectivity index (χ1) is 12.0. The van der Waals surface area contributed by atoms with Gasteiger partial charge in [0, 0.05) is 29.3 Å². The SMILES string of the molecule is CN(C)CCNC(=O)Cn1c(-c2ccc(Br)cc2)nc2cccnc21.Cl.O. The molecule has 3 rings (SSSR count). The van der Waals surface area contributed by atoms with E-state index >= 15 is 0 Å². The number of rotatable bonds is 6. The fourth-order valence-electron chi connectivity index (χ4n) is 2.55. The van der Waals surface area contributed by atoms with Crippen LogP contribution >= 0.6 is 28.3 Å². The van der Waals surface area contributed by atoms with Crippen molar-refractivity contribution in [2.75, 3.05) is 27.2 Å². The van der Waals surface area contributed by atoms with Gasteiger partial charge in [0.25, 0.3) is 0 Å². The molecule has 1 amide bonds. The average molecular weight is 457 g/mol. The molecule has 0 aliphatic rings. The summed E-state index contributed by atoms with van der Waals surface area (Å²) in [5, 5.41) is 2.94. The number of benzene rings is 1. The molecule has 1 aromatic carbocycles. The number of carbonyl (C=O) groups excluding carboxylic acids is 1. The minimum Gasteiger partial charge on any atom is -0.412 e. The molecule has 0 aliphatic heterocycles. The molecule has 0 aliphatic carbocycles. The number of hydrogen-bond acceptors (Lipinski definition) is 4. The van der Waals surface area contributed by atoms with Gasteiger partial charge in [-0.15, -0.1) is 12.4 Å². The van der Waals surface area contributed by atoms with Gasteiger partial charge in [0.1, 0.15) is 17.9 Å². The second-order valence-corrected chi connectivity index (χ2v) is 6.94. The van der Waals surface area contributed by atoms with Gasteiger partial charge in [-0.25, -0.2) is 9.97 Å². The zero-order valence-corrected chi connectivity index (χ0v) is 17.5. The molecule has 7 nitrogen and oxygen atoms in total. The van der Waals surface area contributed by atoms with Crippen LogP contribution in [0.15, 0.2) is 47.1 Å². The first kappa shape index (κ1) is 23.0. The van der Waals surface area contributed by atoms with E-state index in [9.17, 15) is 4.79 Å². The van der Waals surface area contributed by atoms with Gasteiger partial charge in [-0.05, 0) is 38.4 Å². The van der Waals surface area contributed by atoms with Crippen molar-refractivity contribution in [1.82, 2.24) is 24.8 Å². The third kappa shape index (κ3) is 5.74. The van der Waals surface area contributed by atoms with E-state index in [0.717, 1.165) is 27.9 Å². The lowest BCUT2D eigenvalue weighted by Crippen LogP contribution is -2.33. The summed E-state index contributed by atoms with van der Waals surface area (Å²) in [7, 11) is 3.95. The van der Waals surface area contributed by atoms with E-state index in [1.165, 1.54) is 0 Å². The first-order valence-electron chi connectivity index (χ1n) is 8.03. The van der Waals surface area contributed by atoms with Gasteiger partial charge in [0.05, 0.1) is 0 Å². The van der Waals surface area contributed by atoms with Crippen molar-refractivity contribution in [2.24, 2.45) is 0 Å². The van der Waals surface area contributed by atoms with Crippen LogP contribution in [-0.2, 0) is 11.3 Å². The highest BCUT2D eigenvalue weighted by Gasteiger charge is 2.16. The van der Waals surface area contributed by atoms with Crippen LogP contribution in [0.25, 0.3) is 22.6 Å². The highest BCUT2D eigenvalue weighted by Crippen LogP contribution is 2.25. The van der Waals surface area contributed by atoms with Gasteiger partial charge < -0.3 is 15.7 Å². The number of likely N-dealkylation sites (N-methyl/N-ethyl adjacent to an activating group) is 1. The van der Waals surface area contributed by atoms with Gasteiger partial charge in [0.2, 0.25) is 5.91 Å². The maximum atomic E-state index is 12.4. The number of pyridine rings is 1. The molecule has 0 spiro atoms. The normalized spacial score (nSPS) is 10.4. The highest BCUT2D eigenvalue weighted by atomic mass is 79.9. The summed E-state index contributed by atoms with van der Waals surface area (Å²) in [5.74, 6) is 0.689. The molecule has 0 atom stereocenters. The van der Waals surface area contributed by atoms with Crippen molar-refractivity contribution in [1.29, 1.82) is 0 Å². The lowest BCUT2D eigenvalue weighted by molar-refractivity contribution is -0.121. The quantitative estimate of drug-likeness (QED) is 0.615. The topological polar surface area (TPSA) is 94.6 Å². The predicted molar refractivity (Wildman–Crippen MR) is 113 cm³/mol. The Morgan fingerprint density at radius 2 is 1.93 bits per heavy atom. The number of aromatic nitrogens is 3. The van der Waals surface area contributed by atoms with E-state index < -0.39 is 0 Å². The lowest BCUT2D eigenvalue weighted by Gasteiger charge is -2.12. The third-order valence-corrected chi connectivity index (χ3v) is 4.32. The van der Waals surface area contributed by atoms with Gasteiger partial charge >= 0.3 is 0 Å². The Kier molecular flexibility index (Phi) is 8.84. The molecule has 3 aromatic rings. The third-order valence-electron chi connectivity index (χ3n) is 3.79. The monoisotopic (exact) mass is 455 g/mol. The summed E-state index contributed by atoms with van der Waals surface area (Å²) in [5.41, 5.74) is 2.44. The zero-order chi connectivity index (χ0) is 17.8. The summed E-state index contributed by atoms with van der Waals surface area (Å²) < 4.78 is 2.86. The van der Waals surface area contributed by atoms with E-state index in [0.29, 0.717) is 12.2 Å². The van der Waals surface area contributed by atoms with Crippen LogP contribution in [0.3, 0.4) is 0 Å². The van der Waals surface area contributed by atoms with E-state index in [1.807, 2.05) is 60.0 Å². The number of nitrogens with one attached hydrogen (secondary N) is 1. The Labute approximate surface area is 172 Å². The van der Waals surface area contributed by atoms with E-state index in [1.54, 1.807) is 6.20 Å². The number of fused-ring (bicyclic) bond motifs is 1. The Balaban J connectivity index is 0.00000182. The number of halogens is 2. The predicted octanol–water partition coefficient (Wildman–Crippen LogP) is 2.14. The molecule has 2 heterocycles. The van der Waals surface area contributed by atoms with E-state index in [4.69, 9.17) is 0 Å². The van der Waals surface area contributed by atoms with Crippen LogP contribution in [-0.4, -0.2) is 58.0 Å². The first-order valence-corrected chi connectivity index (χ1v) is 8.82. The number of amides is 1. The summed E-state index contributed by atoms with van der Waals surface area (Å²) in [4.78, 5) is 23.5. The van der Waals surface area contributed by atoms with Crippen molar-refractivity contribution in [2.45, 2.75) is 6.54 Å². The van der Waals surface area contributed by atoms with Crippen LogP contribution in [0.4, 0.5) is 0 Å². The van der Waals surface area contributed by atoms with Gasteiger partial charge in [-0.3, -0.25) is 9.36 Å². The number of nitrogens with zero attached hydrogens (tertiary/aromatic N) is 4. The van der Waals surface area contributed by atoms with Gasteiger partial charge in [0.15, 0.2) is 5.65 Å². The minimum absolute atomic E-state index is 0. The second kappa shape index (κ2) is 10.4. The fraction of sp³-hybridized carbons (Fsp3) is 0.278. The van der Waals surface area contributed by atoms with Crippen LogP contribution in [0.2, 0.25) is 0 Å². The van der Waals surface area contributed by atoms with Crippen molar-refractivity contribution >= 4 is 45.4 Å². The Bertz CT molecular complexity index is 883. The minimum atomic E-state index is -0.0508. The molecule has 0 unspecified atom stereocenters. The molecule has 2 aromatic heterocycles. The smallest absolute Gasteiger partial charge is 0.240 e. The molecule has 0 radical (unpaired) electrons. The van der Waals surface area contributed by atoms with Crippen molar-refractivity contribution in [3.63, 3.8) is 0 Å². The Hall–Kier alpha value is -2.00. The van der Waals surface area contributed by atoms with Crippen LogP contribution in [0, 0.1) is 0 Å². The highest BCUT2D eigenvalue weighted by molar-refractivity contribution is 9.10. The molecule has 146 valence electrons. The Morgan fingerprint density at radius 1 is 1.22 bits per heavy atom. The molecule has 0 saturated carbocycles. The molecular formula is C18H23BrClN5O2. The largest absolute Gasteiger partial charge is 0.412 e. The van der Waals surface area contributed by atoms with Gasteiger partial charge in [-0.2, -0.15) is 0 Å². The van der Waals surface area contributed by atoms with Crippen LogP contribution in [0.5, 0.6) is 0 Å². The molecule has 0 bridgehead atoms. The maximum Gasteiger partial charge on any atom is 0.240 e. The molecule has 3 N–H and O–H groups in total. The molecule has 0 fully saturated rings. The zero-order valence-electron chi connectivity index (χ0n) is 15.1. The van der Waals surface area contributed by atoms with Crippen LogP contribution in [0.1, 0.15) is 0 Å². The maximum absolute atomic E-state index is 12.4. The molecule has 9 heteroatoms. The summed E-state index contributed by atoms with van der Waals surface area (Å²) in [6.45, 7) is 1.60. The van der Waals surface area contributed by atoms with Crippen LogP contribution < -0.4 is 5.32 Å². The van der Waals surface area contributed by atoms with E-state index in [2.05, 4.69) is 31.2 Å². The summed E-state index contributed by atoms with van der Waals surface area (Å²) in [6.07, 6.45) is 1.72. The number of imidazole rings is 1. The molecular weight excluding hydrogens is 434 g/mol. The van der Waals surface area contributed by atoms with Gasteiger partial charge in [-0.1, -0.05) is 28.1 Å². The van der Waals surface area contributed by atoms with Crippen molar-refractivity contribution in [3.8, 4) is 11.4 Å². The fourth-order valence-corrected chi connectivity index (χ4v) is 2.81. The second-order valence-electron chi connectivity index (χ2n) is 6.03. The standard InChI is InChI=1S/C18H20BrN5O.ClH.H2O/c1-23(2)11-10-20-16(25)12-24-17(13-5-7-14(19)8-6-13)22-15-4-3-9-21-18(15)24;;/h3-9H,10-12H2,1-2H3,(H,20,25);1H;1H2. The summed E-state index contributed by atoms with van der Waals surface area (Å²) >= 11 is 3.44. The number of carbonyl (C=O) groups is 1. The molecule has 27 heavy (non-hydrogen) atoms. The average Bonchev–Trinajstić information content (AvgIpc) is 2.94. The molecule has 0 saturated heterocycles. The number of hydrogen-bond donors (Lipinski definition) is 1.